The third-order valence-electron chi connectivity index (χ3n) is 10.2. The molecule has 1 aliphatic carbocycles. The summed E-state index contributed by atoms with van der Waals surface area (Å²) in [6, 6.07) is 15.5. The summed E-state index contributed by atoms with van der Waals surface area (Å²) < 4.78 is 13.2. The van der Waals surface area contributed by atoms with Crippen LogP contribution in [0.25, 0.3) is 0 Å². The molecule has 1 saturated carbocycles. The fraction of sp³-hybridized carbons (Fsp3) is 0.618. The molecule has 39 heavy (non-hydrogen) atoms. The second-order valence-electron chi connectivity index (χ2n) is 12.9. The van der Waals surface area contributed by atoms with E-state index in [2.05, 4.69) is 47.9 Å². The number of benzene rings is 2. The number of nitrogens with zero attached hydrogens (tertiary/aromatic N) is 2. The Bertz CT molecular complexity index is 1080. The van der Waals surface area contributed by atoms with E-state index in [0.29, 0.717) is 23.7 Å². The maximum atomic E-state index is 13.2. The summed E-state index contributed by atoms with van der Waals surface area (Å²) in [6.07, 6.45) is 9.09. The standard InChI is InChI=1S/C34H47FN2O2/c1-24-5-3-8-29(19-24)32-23-37(33(34(38)39)20-27-6-4-7-27)22-30(32)21-36-17-15-28(16-18-36)25(2)9-10-26-11-13-31(35)14-12-26/h3,5,8,11-14,19,25,27-28,30,32-33H,4,6-7,9-10,15-18,20-23H2,1-2H3,(H,38,39)/t25-,30+,32-,33-/m1/s1. The van der Waals surface area contributed by atoms with E-state index in [0.717, 1.165) is 57.9 Å². The van der Waals surface area contributed by atoms with Crippen molar-refractivity contribution < 1.29 is 14.3 Å². The first-order valence-electron chi connectivity index (χ1n) is 15.4. The van der Waals surface area contributed by atoms with Crippen molar-refractivity contribution in [1.29, 1.82) is 0 Å². The fourth-order valence-electron chi connectivity index (χ4n) is 7.39. The number of likely N-dealkylation sites (tertiary alicyclic amines) is 2. The highest BCUT2D eigenvalue weighted by molar-refractivity contribution is 5.73. The molecule has 3 aliphatic rings. The number of carbonyl (C=O) groups is 1. The van der Waals surface area contributed by atoms with Gasteiger partial charge in [0.25, 0.3) is 0 Å². The first-order chi connectivity index (χ1) is 18.9. The highest BCUT2D eigenvalue weighted by Gasteiger charge is 2.41. The van der Waals surface area contributed by atoms with Crippen LogP contribution in [0.3, 0.4) is 0 Å². The Hall–Kier alpha value is -2.24. The number of carboxylic acid groups (broad SMARTS) is 1. The maximum Gasteiger partial charge on any atom is 0.320 e. The minimum Gasteiger partial charge on any atom is -0.480 e. The Morgan fingerprint density at radius 2 is 1.79 bits per heavy atom. The summed E-state index contributed by atoms with van der Waals surface area (Å²) in [5.74, 6) is 2.05. The van der Waals surface area contributed by atoms with Gasteiger partial charge in [0, 0.05) is 25.6 Å². The molecule has 3 fully saturated rings. The van der Waals surface area contributed by atoms with E-state index in [1.807, 2.05) is 12.1 Å². The van der Waals surface area contributed by atoms with E-state index in [4.69, 9.17) is 0 Å². The Morgan fingerprint density at radius 3 is 2.44 bits per heavy atom. The molecule has 2 aromatic carbocycles. The van der Waals surface area contributed by atoms with E-state index < -0.39 is 5.97 Å². The van der Waals surface area contributed by atoms with Crippen molar-refractivity contribution in [2.24, 2.45) is 23.7 Å². The number of rotatable bonds is 11. The average Bonchev–Trinajstić information content (AvgIpc) is 3.31. The average molecular weight is 535 g/mol. The molecule has 2 aromatic rings. The van der Waals surface area contributed by atoms with E-state index >= 15 is 0 Å². The molecule has 0 spiro atoms. The normalized spacial score (nSPS) is 24.9. The molecule has 4 atom stereocenters. The molecule has 2 heterocycles. The molecule has 5 rings (SSSR count). The molecule has 0 unspecified atom stereocenters. The van der Waals surface area contributed by atoms with Gasteiger partial charge in [-0.25, -0.2) is 4.39 Å². The van der Waals surface area contributed by atoms with Crippen molar-refractivity contribution in [1.82, 2.24) is 9.80 Å². The summed E-state index contributed by atoms with van der Waals surface area (Å²) in [5.41, 5.74) is 3.88. The zero-order chi connectivity index (χ0) is 27.4. The zero-order valence-electron chi connectivity index (χ0n) is 23.9. The fourth-order valence-corrected chi connectivity index (χ4v) is 7.39. The predicted molar refractivity (Wildman–Crippen MR) is 155 cm³/mol. The van der Waals surface area contributed by atoms with Gasteiger partial charge in [-0.15, -0.1) is 0 Å². The molecular weight excluding hydrogens is 487 g/mol. The summed E-state index contributed by atoms with van der Waals surface area (Å²) >= 11 is 0. The Balaban J connectivity index is 1.18. The maximum absolute atomic E-state index is 13.2. The van der Waals surface area contributed by atoms with Crippen molar-refractivity contribution in [3.05, 3.63) is 71.0 Å². The lowest BCUT2D eigenvalue weighted by molar-refractivity contribution is -0.144. The van der Waals surface area contributed by atoms with E-state index in [1.54, 1.807) is 12.1 Å². The summed E-state index contributed by atoms with van der Waals surface area (Å²) in [6.45, 7) is 9.61. The van der Waals surface area contributed by atoms with E-state index in [1.165, 1.54) is 48.8 Å². The van der Waals surface area contributed by atoms with Gasteiger partial charge in [-0.1, -0.05) is 68.1 Å². The smallest absolute Gasteiger partial charge is 0.320 e. The van der Waals surface area contributed by atoms with Gasteiger partial charge in [-0.05, 0) is 99.0 Å². The lowest BCUT2D eigenvalue weighted by atomic mass is 9.80. The number of aryl methyl sites for hydroxylation is 2. The number of hydrogen-bond donors (Lipinski definition) is 1. The van der Waals surface area contributed by atoms with Gasteiger partial charge in [-0.2, -0.15) is 0 Å². The second kappa shape index (κ2) is 13.0. The molecule has 2 aliphatic heterocycles. The Morgan fingerprint density at radius 1 is 1.05 bits per heavy atom. The van der Waals surface area contributed by atoms with Crippen molar-refractivity contribution in [3.8, 4) is 0 Å². The number of carboxylic acids is 1. The van der Waals surface area contributed by atoms with Crippen LogP contribution in [0.15, 0.2) is 48.5 Å². The molecule has 2 saturated heterocycles. The van der Waals surface area contributed by atoms with Crippen LogP contribution >= 0.6 is 0 Å². The third kappa shape index (κ3) is 7.29. The lowest BCUT2D eigenvalue weighted by Gasteiger charge is -2.37. The van der Waals surface area contributed by atoms with Crippen molar-refractivity contribution in [2.45, 2.75) is 77.2 Å². The lowest BCUT2D eigenvalue weighted by Crippen LogP contribution is -2.43. The van der Waals surface area contributed by atoms with Gasteiger partial charge in [-0.3, -0.25) is 9.69 Å². The van der Waals surface area contributed by atoms with Crippen LogP contribution in [0.4, 0.5) is 4.39 Å². The van der Waals surface area contributed by atoms with Gasteiger partial charge in [0.1, 0.15) is 11.9 Å². The molecule has 0 radical (unpaired) electrons. The quantitative estimate of drug-likeness (QED) is 0.345. The molecule has 1 N–H and O–H groups in total. The Labute approximate surface area is 234 Å². The number of halogens is 1. The molecule has 5 heteroatoms. The van der Waals surface area contributed by atoms with Crippen LogP contribution in [0.1, 0.15) is 74.5 Å². The largest absolute Gasteiger partial charge is 0.480 e. The topological polar surface area (TPSA) is 43.8 Å². The monoisotopic (exact) mass is 534 g/mol. The highest BCUT2D eigenvalue weighted by Crippen LogP contribution is 2.39. The summed E-state index contributed by atoms with van der Waals surface area (Å²) in [5, 5.41) is 10.2. The van der Waals surface area contributed by atoms with Crippen LogP contribution in [0, 0.1) is 36.4 Å². The van der Waals surface area contributed by atoms with Gasteiger partial charge < -0.3 is 10.0 Å². The first kappa shape index (κ1) is 28.3. The van der Waals surface area contributed by atoms with Gasteiger partial charge in [0.2, 0.25) is 0 Å². The summed E-state index contributed by atoms with van der Waals surface area (Å²) in [7, 11) is 0. The number of hydrogen-bond acceptors (Lipinski definition) is 3. The van der Waals surface area contributed by atoms with Gasteiger partial charge in [0.05, 0.1) is 0 Å². The minimum atomic E-state index is -0.638. The number of piperidine rings is 1. The zero-order valence-corrected chi connectivity index (χ0v) is 23.9. The predicted octanol–water partition coefficient (Wildman–Crippen LogP) is 6.77. The first-order valence-corrected chi connectivity index (χ1v) is 15.4. The molecule has 212 valence electrons. The van der Waals surface area contributed by atoms with Crippen LogP contribution in [0.2, 0.25) is 0 Å². The Kier molecular flexibility index (Phi) is 9.40. The molecular formula is C34H47FN2O2. The second-order valence-corrected chi connectivity index (χ2v) is 12.9. The molecule has 0 amide bonds. The van der Waals surface area contributed by atoms with Crippen molar-refractivity contribution in [2.75, 3.05) is 32.7 Å². The number of aliphatic carboxylic acids is 1. The summed E-state index contributed by atoms with van der Waals surface area (Å²) in [4.78, 5) is 17.3. The minimum absolute atomic E-state index is 0.161. The van der Waals surface area contributed by atoms with Crippen molar-refractivity contribution >= 4 is 5.97 Å². The van der Waals surface area contributed by atoms with Crippen LogP contribution in [-0.4, -0.2) is 59.6 Å². The van der Waals surface area contributed by atoms with E-state index in [-0.39, 0.29) is 11.9 Å². The van der Waals surface area contributed by atoms with Crippen LogP contribution in [-0.2, 0) is 11.2 Å². The molecule has 4 nitrogen and oxygen atoms in total. The molecule has 0 bridgehead atoms. The van der Waals surface area contributed by atoms with Gasteiger partial charge in [0.15, 0.2) is 0 Å². The third-order valence-corrected chi connectivity index (χ3v) is 10.2. The van der Waals surface area contributed by atoms with Crippen molar-refractivity contribution in [3.63, 3.8) is 0 Å². The van der Waals surface area contributed by atoms with Gasteiger partial charge >= 0.3 is 5.97 Å². The van der Waals surface area contributed by atoms with Crippen LogP contribution < -0.4 is 0 Å². The van der Waals surface area contributed by atoms with Crippen LogP contribution in [0.5, 0.6) is 0 Å². The highest BCUT2D eigenvalue weighted by atomic mass is 19.1. The van der Waals surface area contributed by atoms with E-state index in [9.17, 15) is 14.3 Å². The SMILES string of the molecule is Cc1cccc([C@H]2CN([C@H](CC3CCC3)C(=O)O)C[C@@H]2CN2CCC([C@H](C)CCc3ccc(F)cc3)CC2)c1. The molecule has 0 aromatic heterocycles.